The summed E-state index contributed by atoms with van der Waals surface area (Å²) in [7, 11) is 1.73. The fourth-order valence-corrected chi connectivity index (χ4v) is 1.38. The number of carbonyl (C=O) groups excluding carboxylic acids is 1. The molecule has 1 atom stereocenters. The maximum Gasteiger partial charge on any atom is 0.342 e. The van der Waals surface area contributed by atoms with Crippen molar-refractivity contribution in [1.82, 2.24) is 9.78 Å². The van der Waals surface area contributed by atoms with Crippen LogP contribution in [0.25, 0.3) is 0 Å². The fourth-order valence-electron chi connectivity index (χ4n) is 1.38. The van der Waals surface area contributed by atoms with Crippen LogP contribution in [0, 0.1) is 6.92 Å². The van der Waals surface area contributed by atoms with Gasteiger partial charge in [0.1, 0.15) is 11.3 Å². The van der Waals surface area contributed by atoms with E-state index in [0.29, 0.717) is 23.6 Å². The van der Waals surface area contributed by atoms with Crippen LogP contribution >= 0.6 is 0 Å². The van der Waals surface area contributed by atoms with Crippen molar-refractivity contribution in [2.45, 2.75) is 26.9 Å². The normalized spacial score (nSPS) is 12.6. The van der Waals surface area contributed by atoms with Crippen LogP contribution < -0.4 is 0 Å². The van der Waals surface area contributed by atoms with Crippen molar-refractivity contribution < 1.29 is 14.6 Å². The SMILES string of the molecule is CCOC(=O)c1c(C(C)O)nn(C)c1C. The molecule has 5 heteroatoms. The van der Waals surface area contributed by atoms with E-state index in [1.54, 1.807) is 32.5 Å². The van der Waals surface area contributed by atoms with Gasteiger partial charge in [-0.1, -0.05) is 0 Å². The molecular weight excluding hydrogens is 196 g/mol. The van der Waals surface area contributed by atoms with Crippen LogP contribution in [-0.4, -0.2) is 27.5 Å². The maximum atomic E-state index is 11.6. The number of hydrogen-bond donors (Lipinski definition) is 1. The highest BCUT2D eigenvalue weighted by atomic mass is 16.5. The predicted octanol–water partition coefficient (Wildman–Crippen LogP) is 0.959. The van der Waals surface area contributed by atoms with Crippen LogP contribution in [0.1, 0.15) is 41.7 Å². The zero-order valence-electron chi connectivity index (χ0n) is 9.44. The first kappa shape index (κ1) is 11.7. The minimum Gasteiger partial charge on any atom is -0.462 e. The predicted molar refractivity (Wildman–Crippen MR) is 54.5 cm³/mol. The molecule has 0 saturated heterocycles. The van der Waals surface area contributed by atoms with Gasteiger partial charge in [-0.25, -0.2) is 4.79 Å². The third-order valence-electron chi connectivity index (χ3n) is 2.24. The molecule has 0 aromatic carbocycles. The van der Waals surface area contributed by atoms with Gasteiger partial charge in [-0.15, -0.1) is 0 Å². The Morgan fingerprint density at radius 2 is 2.27 bits per heavy atom. The van der Waals surface area contributed by atoms with Crippen molar-refractivity contribution in [2.24, 2.45) is 7.05 Å². The van der Waals surface area contributed by atoms with E-state index in [0.717, 1.165) is 0 Å². The van der Waals surface area contributed by atoms with E-state index in [-0.39, 0.29) is 0 Å². The number of hydrogen-bond acceptors (Lipinski definition) is 4. The number of ether oxygens (including phenoxy) is 1. The van der Waals surface area contributed by atoms with Crippen molar-refractivity contribution in [3.05, 3.63) is 17.0 Å². The smallest absolute Gasteiger partial charge is 0.342 e. The summed E-state index contributed by atoms with van der Waals surface area (Å²) in [6, 6.07) is 0. The second-order valence-electron chi connectivity index (χ2n) is 3.37. The Morgan fingerprint density at radius 1 is 1.67 bits per heavy atom. The topological polar surface area (TPSA) is 64.3 Å². The molecule has 0 fully saturated rings. The van der Waals surface area contributed by atoms with Gasteiger partial charge >= 0.3 is 5.97 Å². The molecule has 1 rings (SSSR count). The number of aryl methyl sites for hydroxylation is 1. The fraction of sp³-hybridized carbons (Fsp3) is 0.600. The zero-order chi connectivity index (χ0) is 11.6. The largest absolute Gasteiger partial charge is 0.462 e. The highest BCUT2D eigenvalue weighted by Gasteiger charge is 2.23. The van der Waals surface area contributed by atoms with Crippen LogP contribution in [0.5, 0.6) is 0 Å². The average molecular weight is 212 g/mol. The second-order valence-corrected chi connectivity index (χ2v) is 3.37. The number of aliphatic hydroxyl groups is 1. The summed E-state index contributed by atoms with van der Waals surface area (Å²) >= 11 is 0. The van der Waals surface area contributed by atoms with Crippen molar-refractivity contribution in [3.8, 4) is 0 Å². The summed E-state index contributed by atoms with van der Waals surface area (Å²) in [5.74, 6) is -0.431. The van der Waals surface area contributed by atoms with Gasteiger partial charge in [0.25, 0.3) is 0 Å². The summed E-state index contributed by atoms with van der Waals surface area (Å²) in [6.45, 7) is 5.40. The molecule has 1 aromatic heterocycles. The van der Waals surface area contributed by atoms with Gasteiger partial charge < -0.3 is 9.84 Å². The van der Waals surface area contributed by atoms with Crippen LogP contribution in [0.4, 0.5) is 0 Å². The Bertz CT molecular complexity index is 369. The van der Waals surface area contributed by atoms with Crippen molar-refractivity contribution >= 4 is 5.97 Å². The van der Waals surface area contributed by atoms with Crippen molar-refractivity contribution in [2.75, 3.05) is 6.61 Å². The summed E-state index contributed by atoms with van der Waals surface area (Å²) in [5.41, 5.74) is 1.44. The van der Waals surface area contributed by atoms with Gasteiger partial charge in [0.15, 0.2) is 0 Å². The standard InChI is InChI=1S/C10H16N2O3/c1-5-15-10(14)8-6(2)12(4)11-9(8)7(3)13/h7,13H,5H2,1-4H3. The van der Waals surface area contributed by atoms with Crippen LogP contribution in [0.2, 0.25) is 0 Å². The van der Waals surface area contributed by atoms with E-state index < -0.39 is 12.1 Å². The van der Waals surface area contributed by atoms with Gasteiger partial charge in [0, 0.05) is 12.7 Å². The molecule has 1 heterocycles. The lowest BCUT2D eigenvalue weighted by molar-refractivity contribution is 0.0519. The van der Waals surface area contributed by atoms with Crippen LogP contribution in [-0.2, 0) is 11.8 Å². The van der Waals surface area contributed by atoms with E-state index >= 15 is 0 Å². The number of esters is 1. The molecule has 5 nitrogen and oxygen atoms in total. The molecule has 1 unspecified atom stereocenters. The molecule has 0 aliphatic rings. The Kier molecular flexibility index (Phi) is 3.47. The molecule has 1 aromatic rings. The molecule has 0 aliphatic heterocycles. The Balaban J connectivity index is 3.19. The monoisotopic (exact) mass is 212 g/mol. The van der Waals surface area contributed by atoms with Crippen molar-refractivity contribution in [3.63, 3.8) is 0 Å². The third-order valence-corrected chi connectivity index (χ3v) is 2.24. The van der Waals surface area contributed by atoms with E-state index in [1.807, 2.05) is 0 Å². The quantitative estimate of drug-likeness (QED) is 0.758. The number of nitrogens with zero attached hydrogens (tertiary/aromatic N) is 2. The second kappa shape index (κ2) is 4.44. The number of aromatic nitrogens is 2. The molecule has 0 spiro atoms. The summed E-state index contributed by atoms with van der Waals surface area (Å²) < 4.78 is 6.47. The van der Waals surface area contributed by atoms with E-state index in [2.05, 4.69) is 5.10 Å². The molecular formula is C10H16N2O3. The number of rotatable bonds is 3. The zero-order valence-corrected chi connectivity index (χ0v) is 9.44. The summed E-state index contributed by atoms with van der Waals surface area (Å²) in [6.07, 6.45) is -0.774. The third kappa shape index (κ3) is 2.18. The van der Waals surface area contributed by atoms with Crippen molar-refractivity contribution in [1.29, 1.82) is 0 Å². The average Bonchev–Trinajstić information content (AvgIpc) is 2.44. The molecule has 0 bridgehead atoms. The first-order valence-corrected chi connectivity index (χ1v) is 4.87. The van der Waals surface area contributed by atoms with Crippen LogP contribution in [0.15, 0.2) is 0 Å². The summed E-state index contributed by atoms with van der Waals surface area (Å²) in [5, 5.41) is 13.6. The minimum absolute atomic E-state index is 0.312. The highest BCUT2D eigenvalue weighted by molar-refractivity contribution is 5.92. The number of carbonyl (C=O) groups is 1. The van der Waals surface area contributed by atoms with Crippen LogP contribution in [0.3, 0.4) is 0 Å². The first-order valence-electron chi connectivity index (χ1n) is 4.87. The number of aliphatic hydroxyl groups excluding tert-OH is 1. The molecule has 84 valence electrons. The molecule has 15 heavy (non-hydrogen) atoms. The molecule has 0 amide bonds. The molecule has 1 N–H and O–H groups in total. The van der Waals surface area contributed by atoms with Gasteiger partial charge in [-0.2, -0.15) is 5.10 Å². The molecule has 0 radical (unpaired) electrons. The lowest BCUT2D eigenvalue weighted by atomic mass is 10.1. The first-order chi connectivity index (χ1) is 6.99. The minimum atomic E-state index is -0.774. The summed E-state index contributed by atoms with van der Waals surface area (Å²) in [4.78, 5) is 11.6. The van der Waals surface area contributed by atoms with Gasteiger partial charge in [-0.05, 0) is 20.8 Å². The van der Waals surface area contributed by atoms with Gasteiger partial charge in [0.05, 0.1) is 12.7 Å². The van der Waals surface area contributed by atoms with Gasteiger partial charge in [-0.3, -0.25) is 4.68 Å². The van der Waals surface area contributed by atoms with E-state index in [1.165, 1.54) is 0 Å². The lowest BCUT2D eigenvalue weighted by Crippen LogP contribution is -2.09. The maximum absolute atomic E-state index is 11.6. The Labute approximate surface area is 88.7 Å². The lowest BCUT2D eigenvalue weighted by Gasteiger charge is -2.04. The molecule has 0 aliphatic carbocycles. The highest BCUT2D eigenvalue weighted by Crippen LogP contribution is 2.20. The van der Waals surface area contributed by atoms with E-state index in [9.17, 15) is 9.90 Å². The Morgan fingerprint density at radius 3 is 2.73 bits per heavy atom. The molecule has 0 saturated carbocycles. The Hall–Kier alpha value is -1.36. The van der Waals surface area contributed by atoms with E-state index in [4.69, 9.17) is 4.74 Å². The van der Waals surface area contributed by atoms with Gasteiger partial charge in [0.2, 0.25) is 0 Å².